The van der Waals surface area contributed by atoms with Gasteiger partial charge in [-0.05, 0) is 68.9 Å². The van der Waals surface area contributed by atoms with Gasteiger partial charge in [0.2, 0.25) is 5.82 Å². The third-order valence-corrected chi connectivity index (χ3v) is 6.31. The lowest BCUT2D eigenvalue weighted by Crippen LogP contribution is -2.36. The smallest absolute Gasteiger partial charge is 0.258 e. The van der Waals surface area contributed by atoms with Crippen LogP contribution in [0.15, 0.2) is 40.9 Å². The minimum absolute atomic E-state index is 0.0112. The molecule has 0 bridgehead atoms. The average molecular weight is 445 g/mol. The molecule has 7 heteroatoms. The van der Waals surface area contributed by atoms with Crippen LogP contribution in [0.3, 0.4) is 0 Å². The summed E-state index contributed by atoms with van der Waals surface area (Å²) in [5.41, 5.74) is 4.77. The van der Waals surface area contributed by atoms with Crippen molar-refractivity contribution in [3.05, 3.63) is 53.1 Å². The first-order valence-corrected chi connectivity index (χ1v) is 11.6. The summed E-state index contributed by atoms with van der Waals surface area (Å²) in [7, 11) is 0. The number of hydrogen-bond acceptors (Lipinski definition) is 7. The molecule has 1 unspecified atom stereocenters. The molecule has 0 radical (unpaired) electrons. The van der Waals surface area contributed by atoms with Crippen molar-refractivity contribution in [2.24, 2.45) is 0 Å². The zero-order valence-electron chi connectivity index (χ0n) is 19.0. The van der Waals surface area contributed by atoms with Gasteiger partial charge in [-0.3, -0.25) is 0 Å². The second-order valence-electron chi connectivity index (χ2n) is 8.93. The molecule has 1 aromatic heterocycles. The van der Waals surface area contributed by atoms with Gasteiger partial charge in [0.25, 0.3) is 5.89 Å². The molecule has 0 amide bonds. The first kappa shape index (κ1) is 21.6. The van der Waals surface area contributed by atoms with E-state index in [4.69, 9.17) is 14.0 Å². The number of ether oxygens (including phenoxy) is 2. The van der Waals surface area contributed by atoms with Crippen LogP contribution in [0.5, 0.6) is 5.75 Å². The fourth-order valence-corrected chi connectivity index (χ4v) is 4.74. The minimum atomic E-state index is -0.0112. The number of fused-ring (bicyclic) bond motifs is 1. The lowest BCUT2D eigenvalue weighted by Gasteiger charge is -2.27. The van der Waals surface area contributed by atoms with Crippen LogP contribution in [0.25, 0.3) is 22.8 Å². The Hall–Kier alpha value is -3.21. The van der Waals surface area contributed by atoms with Crippen LogP contribution in [0.2, 0.25) is 0 Å². The number of nitrogens with one attached hydrogen (secondary N) is 1. The van der Waals surface area contributed by atoms with E-state index < -0.39 is 0 Å². The number of hydrogen-bond donors (Lipinski definition) is 1. The quantitative estimate of drug-likeness (QED) is 0.583. The maximum atomic E-state index is 9.52. The number of nitriles is 1. The van der Waals surface area contributed by atoms with E-state index in [0.717, 1.165) is 44.5 Å². The SMILES string of the molecule is CC(C)Oc1ccc(-c2nc(-c3cccc4c3CCC4NC3CCOCC3)no2)cc1C#N. The number of aromatic nitrogens is 2. The highest BCUT2D eigenvalue weighted by Crippen LogP contribution is 2.38. The van der Waals surface area contributed by atoms with Gasteiger partial charge in [0.05, 0.1) is 11.7 Å². The molecule has 5 rings (SSSR count). The Balaban J connectivity index is 1.39. The van der Waals surface area contributed by atoms with Gasteiger partial charge in [-0.2, -0.15) is 10.2 Å². The largest absolute Gasteiger partial charge is 0.490 e. The van der Waals surface area contributed by atoms with Crippen LogP contribution in [0.4, 0.5) is 0 Å². The molecule has 170 valence electrons. The molecule has 3 aromatic rings. The Morgan fingerprint density at radius 1 is 1.15 bits per heavy atom. The van der Waals surface area contributed by atoms with Gasteiger partial charge in [-0.1, -0.05) is 23.4 Å². The lowest BCUT2D eigenvalue weighted by molar-refractivity contribution is 0.0748. The molecule has 1 atom stereocenters. The van der Waals surface area contributed by atoms with Crippen molar-refractivity contribution in [2.45, 2.75) is 57.7 Å². The van der Waals surface area contributed by atoms with Crippen molar-refractivity contribution < 1.29 is 14.0 Å². The Kier molecular flexibility index (Phi) is 6.12. The zero-order chi connectivity index (χ0) is 22.8. The molecule has 0 saturated carbocycles. The van der Waals surface area contributed by atoms with Crippen LogP contribution in [-0.4, -0.2) is 35.5 Å². The molecule has 1 fully saturated rings. The van der Waals surface area contributed by atoms with Gasteiger partial charge in [-0.25, -0.2) is 0 Å². The summed E-state index contributed by atoms with van der Waals surface area (Å²) in [6.45, 7) is 5.53. The van der Waals surface area contributed by atoms with Gasteiger partial charge in [0.1, 0.15) is 11.8 Å². The molecule has 2 heterocycles. The third kappa shape index (κ3) is 4.50. The van der Waals surface area contributed by atoms with Gasteiger partial charge in [0.15, 0.2) is 0 Å². The molecule has 1 aliphatic carbocycles. The van der Waals surface area contributed by atoms with Crippen molar-refractivity contribution in [3.63, 3.8) is 0 Å². The van der Waals surface area contributed by atoms with Crippen molar-refractivity contribution in [3.8, 4) is 34.7 Å². The third-order valence-electron chi connectivity index (χ3n) is 6.31. The monoisotopic (exact) mass is 444 g/mol. The maximum Gasteiger partial charge on any atom is 0.258 e. The first-order chi connectivity index (χ1) is 16.1. The van der Waals surface area contributed by atoms with Crippen LogP contribution >= 0.6 is 0 Å². The summed E-state index contributed by atoms with van der Waals surface area (Å²) in [4.78, 5) is 4.67. The molecule has 33 heavy (non-hydrogen) atoms. The van der Waals surface area contributed by atoms with Crippen LogP contribution in [-0.2, 0) is 11.2 Å². The van der Waals surface area contributed by atoms with E-state index in [2.05, 4.69) is 39.7 Å². The van der Waals surface area contributed by atoms with Gasteiger partial charge < -0.3 is 19.3 Å². The van der Waals surface area contributed by atoms with E-state index in [1.165, 1.54) is 11.1 Å². The van der Waals surface area contributed by atoms with Gasteiger partial charge in [0, 0.05) is 36.4 Å². The van der Waals surface area contributed by atoms with Crippen LogP contribution < -0.4 is 10.1 Å². The zero-order valence-corrected chi connectivity index (χ0v) is 19.0. The van der Waals surface area contributed by atoms with E-state index in [9.17, 15) is 5.26 Å². The molecule has 1 saturated heterocycles. The van der Waals surface area contributed by atoms with E-state index in [-0.39, 0.29) is 6.10 Å². The normalized spacial score (nSPS) is 18.3. The summed E-state index contributed by atoms with van der Waals surface area (Å²) in [6.07, 6.45) is 4.16. The molecule has 2 aliphatic rings. The molecule has 2 aromatic carbocycles. The number of benzene rings is 2. The van der Waals surface area contributed by atoms with Crippen molar-refractivity contribution in [1.82, 2.24) is 15.5 Å². The van der Waals surface area contributed by atoms with Gasteiger partial charge in [-0.15, -0.1) is 0 Å². The summed E-state index contributed by atoms with van der Waals surface area (Å²) in [5.74, 6) is 1.53. The molecular formula is C26H28N4O3. The molecular weight excluding hydrogens is 416 g/mol. The summed E-state index contributed by atoms with van der Waals surface area (Å²) < 4.78 is 16.8. The van der Waals surface area contributed by atoms with E-state index >= 15 is 0 Å². The van der Waals surface area contributed by atoms with Gasteiger partial charge >= 0.3 is 0 Å². The topological polar surface area (TPSA) is 93.2 Å². The number of nitrogens with zero attached hydrogens (tertiary/aromatic N) is 3. The van der Waals surface area contributed by atoms with Crippen molar-refractivity contribution >= 4 is 0 Å². The highest BCUT2D eigenvalue weighted by Gasteiger charge is 2.28. The Morgan fingerprint density at radius 3 is 2.79 bits per heavy atom. The average Bonchev–Trinajstić information content (AvgIpc) is 3.48. The molecule has 1 aliphatic heterocycles. The standard InChI is InChI=1S/C26H28N4O3/c1-16(2)32-24-9-6-17(14-18(24)15-27)26-29-25(30-33-26)22-5-3-4-21-20(22)7-8-23(21)28-19-10-12-31-13-11-19/h3-6,9,14,16,19,23,28H,7-8,10-13H2,1-2H3. The molecule has 0 spiro atoms. The van der Waals surface area contributed by atoms with Crippen LogP contribution in [0.1, 0.15) is 55.8 Å². The maximum absolute atomic E-state index is 9.52. The summed E-state index contributed by atoms with van der Waals surface area (Å²) in [5, 5.41) is 17.6. The second-order valence-corrected chi connectivity index (χ2v) is 8.93. The highest BCUT2D eigenvalue weighted by atomic mass is 16.5. The van der Waals surface area contributed by atoms with Crippen LogP contribution in [0, 0.1) is 11.3 Å². The first-order valence-electron chi connectivity index (χ1n) is 11.6. The Bertz CT molecular complexity index is 1170. The van der Waals surface area contributed by atoms with Crippen molar-refractivity contribution in [1.29, 1.82) is 5.26 Å². The van der Waals surface area contributed by atoms with E-state index in [1.54, 1.807) is 12.1 Å². The van der Waals surface area contributed by atoms with Crippen molar-refractivity contribution in [2.75, 3.05) is 13.2 Å². The fraction of sp³-hybridized carbons (Fsp3) is 0.423. The predicted molar refractivity (Wildman–Crippen MR) is 124 cm³/mol. The lowest BCUT2D eigenvalue weighted by atomic mass is 10.0. The number of rotatable bonds is 6. The fourth-order valence-electron chi connectivity index (χ4n) is 4.74. The summed E-state index contributed by atoms with van der Waals surface area (Å²) >= 11 is 0. The highest BCUT2D eigenvalue weighted by molar-refractivity contribution is 5.67. The predicted octanol–water partition coefficient (Wildman–Crippen LogP) is 4.82. The minimum Gasteiger partial charge on any atom is -0.490 e. The Morgan fingerprint density at radius 2 is 2.00 bits per heavy atom. The Labute approximate surface area is 193 Å². The van der Waals surface area contributed by atoms with E-state index in [0.29, 0.717) is 40.7 Å². The molecule has 1 N–H and O–H groups in total. The summed E-state index contributed by atoms with van der Waals surface area (Å²) in [6, 6.07) is 14.7. The van der Waals surface area contributed by atoms with E-state index in [1.807, 2.05) is 19.9 Å². The molecule has 7 nitrogen and oxygen atoms in total. The second kappa shape index (κ2) is 9.34.